The summed E-state index contributed by atoms with van der Waals surface area (Å²) in [6.07, 6.45) is 3.78. The van der Waals surface area contributed by atoms with Crippen molar-refractivity contribution >= 4 is 92.9 Å². The molecule has 0 fully saturated rings. The zero-order valence-corrected chi connectivity index (χ0v) is 27.7. The van der Waals surface area contributed by atoms with Gasteiger partial charge in [0.05, 0.1) is 44.1 Å². The maximum atomic E-state index is 13.0. The fourth-order valence-corrected chi connectivity index (χ4v) is 8.63. The molecule has 3 aromatic heterocycles. The maximum absolute atomic E-state index is 13.0. The number of rotatable bonds is 7. The highest BCUT2D eigenvalue weighted by Crippen LogP contribution is 2.34. The van der Waals surface area contributed by atoms with Gasteiger partial charge in [0.2, 0.25) is 15.4 Å². The molecule has 0 aliphatic carbocycles. The Hall–Kier alpha value is -4.98. The molecular formula is C27H19N5O14S4. The average Bonchev–Trinajstić information content (AvgIpc) is 3.78. The van der Waals surface area contributed by atoms with Crippen LogP contribution in [0.1, 0.15) is 28.3 Å². The summed E-state index contributed by atoms with van der Waals surface area (Å²) < 4.78 is 145. The number of aromatic nitrogens is 4. The lowest BCUT2D eigenvalue weighted by atomic mass is 10.2. The molecule has 0 saturated carbocycles. The molecule has 0 amide bonds. The summed E-state index contributed by atoms with van der Waals surface area (Å²) in [6.45, 7) is -0.497. The van der Waals surface area contributed by atoms with Gasteiger partial charge in [-0.15, -0.1) is 0 Å². The minimum atomic E-state index is -5.35. The minimum Gasteiger partial charge on any atom is -0.581 e. The molecule has 1 unspecified atom stereocenters. The van der Waals surface area contributed by atoms with Crippen LogP contribution in [0.2, 0.25) is 0 Å². The van der Waals surface area contributed by atoms with E-state index >= 15 is 0 Å². The van der Waals surface area contributed by atoms with Crippen molar-refractivity contribution in [1.82, 2.24) is 19.5 Å². The Morgan fingerprint density at radius 3 is 1.60 bits per heavy atom. The molecular weight excluding hydrogens is 747 g/mol. The molecule has 1 aromatic carbocycles. The fourth-order valence-electron chi connectivity index (χ4n) is 5.44. The van der Waals surface area contributed by atoms with Crippen LogP contribution in [-0.4, -0.2) is 72.5 Å². The van der Waals surface area contributed by atoms with Crippen molar-refractivity contribution in [3.8, 4) is 0 Å². The number of non-ortho nitro benzene ring substituents is 1. The van der Waals surface area contributed by atoms with Crippen LogP contribution in [0.15, 0.2) is 68.1 Å². The number of hydrogen-bond acceptors (Lipinski definition) is 12. The molecule has 8 bridgehead atoms. The monoisotopic (exact) mass is 765 g/mol. The van der Waals surface area contributed by atoms with Crippen molar-refractivity contribution in [2.75, 3.05) is 0 Å². The Balaban J connectivity index is 1.92. The SMILES string of the molecule is O=[N+]([O-])c1ccc(Cn2c3ccc2c(S(=O)(=O)O)c2nc(c([S+](=O)([O-])O)c4ccc([nH]4)c(S(=O)(=O)O)c4nc(c3S(=O)(=O)O)C=C4)C=C2)cc1. The topological polar surface area (TPSA) is 313 Å². The lowest BCUT2D eigenvalue weighted by Gasteiger charge is -2.12. The van der Waals surface area contributed by atoms with E-state index in [0.717, 1.165) is 65.3 Å². The minimum absolute atomic E-state index is 0.200. The number of fused-ring (bicyclic) bond motifs is 8. The van der Waals surface area contributed by atoms with Crippen molar-refractivity contribution in [2.45, 2.75) is 26.1 Å². The van der Waals surface area contributed by atoms with Gasteiger partial charge in [-0.3, -0.25) is 23.8 Å². The third kappa shape index (κ3) is 6.39. The first kappa shape index (κ1) is 34.9. The largest absolute Gasteiger partial charge is 0.581 e. The summed E-state index contributed by atoms with van der Waals surface area (Å²) >= 11 is 0. The highest BCUT2D eigenvalue weighted by Gasteiger charge is 2.31. The van der Waals surface area contributed by atoms with Crippen LogP contribution >= 0.6 is 0 Å². The molecule has 0 saturated heterocycles. The van der Waals surface area contributed by atoms with E-state index in [1.54, 1.807) is 0 Å². The molecule has 5 heterocycles. The highest BCUT2D eigenvalue weighted by atomic mass is 32.3. The van der Waals surface area contributed by atoms with E-state index in [-0.39, 0.29) is 11.3 Å². The van der Waals surface area contributed by atoms with E-state index in [1.807, 2.05) is 0 Å². The van der Waals surface area contributed by atoms with E-state index in [1.165, 1.54) is 12.1 Å². The number of H-pyrrole nitrogens is 1. The standard InChI is InChI=1S/C27H19N5O14S4/c33-32(34)15-3-1-14(2-4-15)13-31-22-11-12-23(31)27(50(44,45)46)21-10-8-19(30-21)25(48(38,39)40)17-6-5-16(28-17)24(47(35,36)37)18-7-9-20(29-18)26(22)49(41,42)43/h1-12,28H,13H2,(H4-,35,36,37,38,39,40,41,42,43,44,45,46). The lowest BCUT2D eigenvalue weighted by Crippen LogP contribution is -2.11. The Kier molecular flexibility index (Phi) is 8.24. The summed E-state index contributed by atoms with van der Waals surface area (Å²) in [5.74, 6) is 0. The van der Waals surface area contributed by atoms with Crippen molar-refractivity contribution in [2.24, 2.45) is 0 Å². The van der Waals surface area contributed by atoms with Crippen molar-refractivity contribution in [3.63, 3.8) is 0 Å². The first-order valence-corrected chi connectivity index (χ1v) is 19.2. The van der Waals surface area contributed by atoms with Crippen LogP contribution in [0.4, 0.5) is 5.69 Å². The number of nitro benzene ring substituents is 1. The van der Waals surface area contributed by atoms with Crippen LogP contribution < -0.4 is 0 Å². The number of nitrogens with zero attached hydrogens (tertiary/aromatic N) is 4. The third-order valence-electron chi connectivity index (χ3n) is 7.35. The van der Waals surface area contributed by atoms with Gasteiger partial charge in [-0.25, -0.2) is 9.97 Å². The Bertz CT molecular complexity index is 2780. The summed E-state index contributed by atoms with van der Waals surface area (Å²) in [4.78, 5) is 17.0. The van der Waals surface area contributed by atoms with Gasteiger partial charge < -0.3 is 14.1 Å². The van der Waals surface area contributed by atoms with Gasteiger partial charge in [0.25, 0.3) is 36.0 Å². The smallest absolute Gasteiger partial charge is 0.298 e. The molecule has 260 valence electrons. The van der Waals surface area contributed by atoms with Gasteiger partial charge in [0.1, 0.15) is 20.4 Å². The summed E-state index contributed by atoms with van der Waals surface area (Å²) in [7, 11) is -21.2. The predicted molar refractivity (Wildman–Crippen MR) is 174 cm³/mol. The summed E-state index contributed by atoms with van der Waals surface area (Å²) in [6, 6.07) is 8.66. The zero-order valence-electron chi connectivity index (χ0n) is 24.4. The van der Waals surface area contributed by atoms with Crippen LogP contribution in [0.25, 0.3) is 46.4 Å². The molecule has 0 spiro atoms. The number of nitro groups is 1. The fraction of sp³-hybridized carbons (Fsp3) is 0.0370. The van der Waals surface area contributed by atoms with Crippen molar-refractivity contribution in [1.29, 1.82) is 0 Å². The second-order valence-electron chi connectivity index (χ2n) is 10.5. The van der Waals surface area contributed by atoms with Crippen LogP contribution in [0, 0.1) is 10.1 Å². The molecule has 0 radical (unpaired) electrons. The van der Waals surface area contributed by atoms with Gasteiger partial charge in [-0.1, -0.05) is 16.3 Å². The van der Waals surface area contributed by atoms with Crippen molar-refractivity contribution < 1.29 is 57.1 Å². The number of aromatic amines is 1. The molecule has 50 heavy (non-hydrogen) atoms. The first-order valence-electron chi connectivity index (χ1n) is 13.4. The second-order valence-corrected chi connectivity index (χ2v) is 16.0. The van der Waals surface area contributed by atoms with Gasteiger partial charge >= 0.3 is 0 Å². The number of hydrogen-bond donors (Lipinski definition) is 5. The van der Waals surface area contributed by atoms with Crippen LogP contribution in [0.5, 0.6) is 0 Å². The molecule has 5 N–H and O–H groups in total. The van der Waals surface area contributed by atoms with Gasteiger partial charge in [0, 0.05) is 18.7 Å². The van der Waals surface area contributed by atoms with E-state index in [9.17, 15) is 62.3 Å². The van der Waals surface area contributed by atoms with Gasteiger partial charge in [-0.05, 0) is 54.1 Å². The normalized spacial score (nSPS) is 14.5. The van der Waals surface area contributed by atoms with Crippen LogP contribution in [-0.2, 0) is 51.6 Å². The van der Waals surface area contributed by atoms with E-state index in [0.29, 0.717) is 0 Å². The Morgan fingerprint density at radius 1 is 0.700 bits per heavy atom. The zero-order chi connectivity index (χ0) is 36.6. The third-order valence-corrected chi connectivity index (χ3v) is 11.1. The van der Waals surface area contributed by atoms with E-state index in [4.69, 9.17) is 0 Å². The van der Waals surface area contributed by atoms with E-state index in [2.05, 4.69) is 15.0 Å². The van der Waals surface area contributed by atoms with Gasteiger partial charge in [0.15, 0.2) is 0 Å². The van der Waals surface area contributed by atoms with Gasteiger partial charge in [-0.2, -0.15) is 29.8 Å². The first-order chi connectivity index (χ1) is 23.1. The molecule has 19 nitrogen and oxygen atoms in total. The number of nitrogens with one attached hydrogen (secondary N) is 1. The highest BCUT2D eigenvalue weighted by molar-refractivity contribution is 7.92. The van der Waals surface area contributed by atoms with E-state index < -0.39 is 117 Å². The molecule has 1 atom stereocenters. The maximum Gasteiger partial charge on any atom is 0.298 e. The van der Waals surface area contributed by atoms with Crippen LogP contribution in [0.3, 0.4) is 0 Å². The quantitative estimate of drug-likeness (QED) is 0.0674. The summed E-state index contributed by atoms with van der Waals surface area (Å²) in [5, 5.41) is 11.2. The summed E-state index contributed by atoms with van der Waals surface area (Å²) in [5.41, 5.74) is -4.58. The molecule has 23 heteroatoms. The Morgan fingerprint density at radius 2 is 1.14 bits per heavy atom. The lowest BCUT2D eigenvalue weighted by molar-refractivity contribution is -0.384. The Labute approximate surface area is 281 Å². The predicted octanol–water partition coefficient (Wildman–Crippen LogP) is 3.29. The number of benzene rings is 1. The average molecular weight is 766 g/mol. The molecule has 2 aliphatic rings. The molecule has 4 aromatic rings. The molecule has 6 rings (SSSR count). The molecule has 2 aliphatic heterocycles. The second kappa shape index (κ2) is 11.8. The van der Waals surface area contributed by atoms with Crippen molar-refractivity contribution in [3.05, 3.63) is 87.0 Å².